The van der Waals surface area contributed by atoms with E-state index in [2.05, 4.69) is 26.5 Å². The van der Waals surface area contributed by atoms with Gasteiger partial charge in [-0.1, -0.05) is 20.4 Å². The molecule has 0 N–H and O–H groups in total. The van der Waals surface area contributed by atoms with E-state index >= 15 is 0 Å². The summed E-state index contributed by atoms with van der Waals surface area (Å²) in [6.45, 7) is 9.04. The molecule has 0 aromatic rings. The lowest BCUT2D eigenvalue weighted by Crippen LogP contribution is -2.53. The molecule has 4 aliphatic carbocycles. The second-order valence-electron chi connectivity index (χ2n) is 9.71. The van der Waals surface area contributed by atoms with Gasteiger partial charge in [0.15, 0.2) is 0 Å². The van der Waals surface area contributed by atoms with Gasteiger partial charge in [0.2, 0.25) is 0 Å². The van der Waals surface area contributed by atoms with E-state index in [1.54, 1.807) is 0 Å². The molecule has 130 valence electrons. The zero-order valence-electron chi connectivity index (χ0n) is 15.3. The molecule has 0 spiro atoms. The molecule has 2 nitrogen and oxygen atoms in total. The number of nitriles is 1. The summed E-state index contributed by atoms with van der Waals surface area (Å²) < 4.78 is 0. The summed E-state index contributed by atoms with van der Waals surface area (Å²) in [6, 6.07) is 2.36. The summed E-state index contributed by atoms with van der Waals surface area (Å²) >= 11 is 0. The lowest BCUT2D eigenvalue weighted by molar-refractivity contribution is -0.138. The molecule has 4 rings (SSSR count). The topological polar surface area (TPSA) is 40.9 Å². The van der Waals surface area contributed by atoms with Crippen LogP contribution in [0.3, 0.4) is 0 Å². The Morgan fingerprint density at radius 2 is 1.83 bits per heavy atom. The molecule has 0 heterocycles. The number of Topliss-reactive ketones (excluding diaryl/α,β-unsaturated/α-hetero) is 1. The minimum Gasteiger partial charge on any atom is -0.300 e. The van der Waals surface area contributed by atoms with Crippen molar-refractivity contribution in [3.63, 3.8) is 0 Å². The van der Waals surface area contributed by atoms with Gasteiger partial charge >= 0.3 is 0 Å². The predicted octanol–water partition coefficient (Wildman–Crippen LogP) is 5.29. The zero-order valence-corrected chi connectivity index (χ0v) is 15.3. The Labute approximate surface area is 146 Å². The summed E-state index contributed by atoms with van der Waals surface area (Å²) in [7, 11) is 0. The van der Waals surface area contributed by atoms with Gasteiger partial charge in [0.25, 0.3) is 0 Å². The number of fused-ring (bicyclic) bond motifs is 5. The van der Waals surface area contributed by atoms with Crippen LogP contribution in [-0.4, -0.2) is 5.78 Å². The number of carbonyl (C=O) groups excluding carboxylic acids is 1. The van der Waals surface area contributed by atoms with E-state index in [1.165, 1.54) is 32.1 Å². The largest absolute Gasteiger partial charge is 0.300 e. The summed E-state index contributed by atoms with van der Waals surface area (Å²) in [6.07, 6.45) is 10.3. The molecule has 0 radical (unpaired) electrons. The highest BCUT2D eigenvalue weighted by molar-refractivity contribution is 5.79. The van der Waals surface area contributed by atoms with Crippen LogP contribution < -0.4 is 0 Å². The minimum absolute atomic E-state index is 0.293. The Bertz CT molecular complexity index is 616. The lowest BCUT2D eigenvalue weighted by Gasteiger charge is -2.60. The number of ketones is 1. The van der Waals surface area contributed by atoms with Crippen LogP contribution in [0.2, 0.25) is 0 Å². The zero-order chi connectivity index (χ0) is 17.1. The fourth-order valence-electron chi connectivity index (χ4n) is 7.70. The average Bonchev–Trinajstić information content (AvgIpc) is 2.92. The fraction of sp³-hybridized carbons (Fsp3) is 0.818. The number of hydrogen-bond acceptors (Lipinski definition) is 2. The number of carbonyl (C=O) groups is 1. The Hall–Kier alpha value is -1.10. The third-order valence-corrected chi connectivity index (χ3v) is 9.05. The first-order valence-corrected chi connectivity index (χ1v) is 10.0. The summed E-state index contributed by atoms with van der Waals surface area (Å²) in [5, 5.41) is 9.37. The molecular formula is C22H31NO. The lowest BCUT2D eigenvalue weighted by atomic mass is 9.44. The standard InChI is InChI=1S/C22H31NO/c1-14(13-23)18-6-7-19-17-5-4-15-12-16(24)8-10-21(15,2)20(17)9-11-22(18,19)3/h15,17-20H,1,4-12H2,2-3H3/t15?,17-,18+,19-,20-,21-,22+/m0/s1. The van der Waals surface area contributed by atoms with Crippen LogP contribution in [0.1, 0.15) is 71.6 Å². The van der Waals surface area contributed by atoms with Gasteiger partial charge < -0.3 is 0 Å². The van der Waals surface area contributed by atoms with E-state index < -0.39 is 0 Å². The molecular weight excluding hydrogens is 294 g/mol. The molecule has 0 amide bonds. The van der Waals surface area contributed by atoms with E-state index in [-0.39, 0.29) is 0 Å². The van der Waals surface area contributed by atoms with E-state index in [1.807, 2.05) is 0 Å². The molecule has 24 heavy (non-hydrogen) atoms. The van der Waals surface area contributed by atoms with Crippen molar-refractivity contribution in [3.8, 4) is 6.07 Å². The molecule has 2 heteroatoms. The first-order chi connectivity index (χ1) is 11.4. The van der Waals surface area contributed by atoms with Gasteiger partial charge in [0.1, 0.15) is 5.78 Å². The minimum atomic E-state index is 0.293. The van der Waals surface area contributed by atoms with Crippen molar-refractivity contribution >= 4 is 5.78 Å². The van der Waals surface area contributed by atoms with Gasteiger partial charge in [-0.3, -0.25) is 4.79 Å². The maximum Gasteiger partial charge on any atom is 0.133 e. The smallest absolute Gasteiger partial charge is 0.133 e. The normalized spacial score (nSPS) is 50.4. The van der Waals surface area contributed by atoms with Crippen LogP contribution >= 0.6 is 0 Å². The van der Waals surface area contributed by atoms with Crippen LogP contribution in [0.4, 0.5) is 0 Å². The quantitative estimate of drug-likeness (QED) is 0.614. The summed E-state index contributed by atoms with van der Waals surface area (Å²) in [5.74, 6) is 3.93. The third kappa shape index (κ3) is 2.09. The maximum atomic E-state index is 12.0. The van der Waals surface area contributed by atoms with E-state index in [0.29, 0.717) is 28.4 Å². The van der Waals surface area contributed by atoms with Gasteiger partial charge in [-0.25, -0.2) is 0 Å². The maximum absolute atomic E-state index is 12.0. The van der Waals surface area contributed by atoms with Crippen molar-refractivity contribution in [2.24, 2.45) is 40.4 Å². The van der Waals surface area contributed by atoms with Crippen molar-refractivity contribution in [3.05, 3.63) is 12.2 Å². The molecule has 7 atom stereocenters. The predicted molar refractivity (Wildman–Crippen MR) is 95.0 cm³/mol. The Morgan fingerprint density at radius 3 is 2.58 bits per heavy atom. The highest BCUT2D eigenvalue weighted by atomic mass is 16.1. The van der Waals surface area contributed by atoms with E-state index in [0.717, 1.165) is 49.0 Å². The Morgan fingerprint density at radius 1 is 1.08 bits per heavy atom. The van der Waals surface area contributed by atoms with Crippen molar-refractivity contribution in [1.82, 2.24) is 0 Å². The van der Waals surface area contributed by atoms with E-state index in [4.69, 9.17) is 0 Å². The molecule has 0 saturated heterocycles. The number of nitrogens with zero attached hydrogens (tertiary/aromatic N) is 1. The van der Waals surface area contributed by atoms with E-state index in [9.17, 15) is 10.1 Å². The molecule has 0 aliphatic heterocycles. The average molecular weight is 325 g/mol. The van der Waals surface area contributed by atoms with Crippen LogP contribution in [0.15, 0.2) is 12.2 Å². The Balaban J connectivity index is 1.62. The molecule has 1 unspecified atom stereocenters. The van der Waals surface area contributed by atoms with Gasteiger partial charge in [-0.05, 0) is 85.4 Å². The SMILES string of the molecule is C=C(C#N)[C@H]1CC[C@H]2[C@@H]3CCC4CC(=O)CC[C@]4(C)[C@H]3CC[C@]12C. The van der Waals surface area contributed by atoms with Crippen LogP contribution in [0.25, 0.3) is 0 Å². The number of rotatable bonds is 1. The Kier molecular flexibility index (Phi) is 3.72. The molecule has 0 bridgehead atoms. The van der Waals surface area contributed by atoms with Crippen molar-refractivity contribution < 1.29 is 4.79 Å². The van der Waals surface area contributed by atoms with Crippen LogP contribution in [0, 0.1) is 51.8 Å². The molecule has 4 aliphatic rings. The molecule has 0 aromatic heterocycles. The highest BCUT2D eigenvalue weighted by Crippen LogP contribution is 2.67. The summed E-state index contributed by atoms with van der Waals surface area (Å²) in [4.78, 5) is 12.0. The molecule has 0 aromatic carbocycles. The monoisotopic (exact) mass is 325 g/mol. The second kappa shape index (κ2) is 5.45. The van der Waals surface area contributed by atoms with Gasteiger partial charge in [0, 0.05) is 18.4 Å². The number of allylic oxidation sites excluding steroid dienone is 1. The summed E-state index contributed by atoms with van der Waals surface area (Å²) in [5.41, 5.74) is 1.51. The van der Waals surface area contributed by atoms with Crippen molar-refractivity contribution in [2.75, 3.05) is 0 Å². The third-order valence-electron chi connectivity index (χ3n) is 9.05. The van der Waals surface area contributed by atoms with Gasteiger partial charge in [0.05, 0.1) is 6.07 Å². The van der Waals surface area contributed by atoms with Gasteiger partial charge in [-0.15, -0.1) is 0 Å². The van der Waals surface area contributed by atoms with Crippen molar-refractivity contribution in [2.45, 2.75) is 71.6 Å². The van der Waals surface area contributed by atoms with Gasteiger partial charge in [-0.2, -0.15) is 5.26 Å². The molecule has 4 fully saturated rings. The number of hydrogen-bond donors (Lipinski definition) is 0. The second-order valence-corrected chi connectivity index (χ2v) is 9.71. The van der Waals surface area contributed by atoms with Crippen LogP contribution in [0.5, 0.6) is 0 Å². The first kappa shape index (κ1) is 16.4. The van der Waals surface area contributed by atoms with Crippen LogP contribution in [-0.2, 0) is 4.79 Å². The fourth-order valence-corrected chi connectivity index (χ4v) is 7.70. The first-order valence-electron chi connectivity index (χ1n) is 10.0. The highest BCUT2D eigenvalue weighted by Gasteiger charge is 2.60. The van der Waals surface area contributed by atoms with Crippen molar-refractivity contribution in [1.29, 1.82) is 5.26 Å². The molecule has 4 saturated carbocycles.